The van der Waals surface area contributed by atoms with Crippen LogP contribution in [-0.4, -0.2) is 27.8 Å². The smallest absolute Gasteiger partial charge is 0.416 e. The number of hydrogen-bond donors (Lipinski definition) is 1. The number of nitrogens with one attached hydrogen (secondary N) is 1. The second kappa shape index (κ2) is 9.84. The van der Waals surface area contributed by atoms with Crippen LogP contribution >= 0.6 is 0 Å². The van der Waals surface area contributed by atoms with Crippen LogP contribution in [0.15, 0.2) is 73.2 Å². The molecule has 0 radical (unpaired) electrons. The second-order valence-electron chi connectivity index (χ2n) is 7.28. The van der Waals surface area contributed by atoms with Gasteiger partial charge in [-0.25, -0.2) is 9.07 Å². The number of amides is 1. The lowest BCUT2D eigenvalue weighted by molar-refractivity contribution is -0.137. The zero-order valence-corrected chi connectivity index (χ0v) is 18.2. The number of carbonyl (C=O) groups is 1. The molecule has 35 heavy (non-hydrogen) atoms. The standard InChI is InChI=1S/C24H18F4N4O3/c1-34-21-14-32(17-5-2-4-16(11-17)24(26,27)28)31-22(21)23(33)30-12-15-7-8-20(19(25)10-15)35-18-6-3-9-29-13-18/h2-11,13-14H,12H2,1H3,(H,30,33). The van der Waals surface area contributed by atoms with Crippen molar-refractivity contribution in [1.29, 1.82) is 0 Å². The van der Waals surface area contributed by atoms with Gasteiger partial charge in [0, 0.05) is 12.7 Å². The van der Waals surface area contributed by atoms with Gasteiger partial charge < -0.3 is 14.8 Å². The fourth-order valence-electron chi connectivity index (χ4n) is 3.16. The maximum absolute atomic E-state index is 14.4. The van der Waals surface area contributed by atoms with Gasteiger partial charge in [-0.2, -0.15) is 18.3 Å². The first-order valence-electron chi connectivity index (χ1n) is 10.2. The summed E-state index contributed by atoms with van der Waals surface area (Å²) in [4.78, 5) is 16.6. The molecule has 1 N–H and O–H groups in total. The molecule has 0 aliphatic rings. The van der Waals surface area contributed by atoms with Gasteiger partial charge in [-0.05, 0) is 48.0 Å². The third-order valence-corrected chi connectivity index (χ3v) is 4.87. The van der Waals surface area contributed by atoms with E-state index in [1.165, 1.54) is 43.8 Å². The molecular formula is C24H18F4N4O3. The predicted molar refractivity (Wildman–Crippen MR) is 117 cm³/mol. The van der Waals surface area contributed by atoms with Crippen LogP contribution in [0, 0.1) is 5.82 Å². The van der Waals surface area contributed by atoms with Gasteiger partial charge in [0.05, 0.1) is 30.8 Å². The van der Waals surface area contributed by atoms with E-state index in [0.717, 1.165) is 16.8 Å². The Morgan fingerprint density at radius 3 is 2.60 bits per heavy atom. The molecule has 2 heterocycles. The molecule has 0 spiro atoms. The SMILES string of the molecule is COc1cn(-c2cccc(C(F)(F)F)c2)nc1C(=O)NCc1ccc(Oc2cccnc2)c(F)c1. The number of carbonyl (C=O) groups excluding carboxylic acids is 1. The summed E-state index contributed by atoms with van der Waals surface area (Å²) in [7, 11) is 1.31. The van der Waals surface area contributed by atoms with Crippen molar-refractivity contribution in [3.05, 3.63) is 95.8 Å². The van der Waals surface area contributed by atoms with E-state index in [4.69, 9.17) is 9.47 Å². The summed E-state index contributed by atoms with van der Waals surface area (Å²) in [5.74, 6) is -0.854. The molecule has 0 unspecified atom stereocenters. The molecule has 0 fully saturated rings. The first kappa shape index (κ1) is 23.7. The van der Waals surface area contributed by atoms with Gasteiger partial charge in [0.15, 0.2) is 23.0 Å². The van der Waals surface area contributed by atoms with Crippen LogP contribution in [0.3, 0.4) is 0 Å². The molecule has 7 nitrogen and oxygen atoms in total. The van der Waals surface area contributed by atoms with Crippen molar-refractivity contribution in [3.8, 4) is 22.9 Å². The second-order valence-corrected chi connectivity index (χ2v) is 7.28. The predicted octanol–water partition coefficient (Wildman–Crippen LogP) is 5.16. The normalized spacial score (nSPS) is 11.2. The zero-order chi connectivity index (χ0) is 25.0. The van der Waals surface area contributed by atoms with Crippen molar-refractivity contribution in [2.75, 3.05) is 7.11 Å². The number of ether oxygens (including phenoxy) is 2. The first-order chi connectivity index (χ1) is 16.7. The molecule has 1 amide bonds. The first-order valence-corrected chi connectivity index (χ1v) is 10.2. The van der Waals surface area contributed by atoms with E-state index in [1.807, 2.05) is 0 Å². The van der Waals surface area contributed by atoms with Gasteiger partial charge in [-0.1, -0.05) is 12.1 Å². The van der Waals surface area contributed by atoms with Crippen LogP contribution in [0.2, 0.25) is 0 Å². The third kappa shape index (κ3) is 5.57. The largest absolute Gasteiger partial charge is 0.493 e. The summed E-state index contributed by atoms with van der Waals surface area (Å²) in [5.41, 5.74) is -0.440. The monoisotopic (exact) mass is 486 g/mol. The van der Waals surface area contributed by atoms with Crippen LogP contribution in [-0.2, 0) is 12.7 Å². The number of hydrogen-bond acceptors (Lipinski definition) is 5. The maximum Gasteiger partial charge on any atom is 0.416 e. The van der Waals surface area contributed by atoms with E-state index in [9.17, 15) is 22.4 Å². The number of nitrogens with zero attached hydrogens (tertiary/aromatic N) is 3. The quantitative estimate of drug-likeness (QED) is 0.366. The van der Waals surface area contributed by atoms with Crippen molar-refractivity contribution in [2.24, 2.45) is 0 Å². The summed E-state index contributed by atoms with van der Waals surface area (Å²) in [6, 6.07) is 12.0. The van der Waals surface area contributed by atoms with Crippen molar-refractivity contribution in [3.63, 3.8) is 0 Å². The van der Waals surface area contributed by atoms with Crippen LogP contribution in [0.5, 0.6) is 17.2 Å². The average Bonchev–Trinajstić information content (AvgIpc) is 3.29. The molecule has 4 rings (SSSR count). The Labute approximate surface area is 196 Å². The maximum atomic E-state index is 14.4. The Hall–Kier alpha value is -4.41. The number of rotatable bonds is 7. The highest BCUT2D eigenvalue weighted by Gasteiger charge is 2.30. The fourth-order valence-corrected chi connectivity index (χ4v) is 3.16. The lowest BCUT2D eigenvalue weighted by atomic mass is 10.2. The van der Waals surface area contributed by atoms with E-state index < -0.39 is 23.5 Å². The van der Waals surface area contributed by atoms with Gasteiger partial charge in [0.25, 0.3) is 5.91 Å². The third-order valence-electron chi connectivity index (χ3n) is 4.87. The Bertz CT molecular complexity index is 1340. The molecule has 2 aromatic carbocycles. The van der Waals surface area contributed by atoms with Crippen LogP contribution in [0.25, 0.3) is 5.69 Å². The Kier molecular flexibility index (Phi) is 6.67. The minimum absolute atomic E-state index is 0.00502. The van der Waals surface area contributed by atoms with Gasteiger partial charge >= 0.3 is 6.18 Å². The van der Waals surface area contributed by atoms with E-state index in [-0.39, 0.29) is 29.4 Å². The molecule has 0 aliphatic heterocycles. The van der Waals surface area contributed by atoms with Gasteiger partial charge in [-0.3, -0.25) is 9.78 Å². The number of alkyl halides is 3. The van der Waals surface area contributed by atoms with Crippen molar-refractivity contribution < 1.29 is 31.8 Å². The molecule has 0 bridgehead atoms. The lowest BCUT2D eigenvalue weighted by Gasteiger charge is -2.09. The van der Waals surface area contributed by atoms with Gasteiger partial charge in [0.1, 0.15) is 5.75 Å². The molecule has 11 heteroatoms. The molecule has 4 aromatic rings. The molecular weight excluding hydrogens is 468 g/mol. The highest BCUT2D eigenvalue weighted by atomic mass is 19.4. The molecule has 0 atom stereocenters. The highest BCUT2D eigenvalue weighted by Crippen LogP contribution is 2.31. The van der Waals surface area contributed by atoms with Gasteiger partial charge in [-0.15, -0.1) is 0 Å². The molecule has 0 saturated heterocycles. The summed E-state index contributed by atoms with van der Waals surface area (Å²) >= 11 is 0. The molecule has 2 aromatic heterocycles. The summed E-state index contributed by atoms with van der Waals surface area (Å²) in [5, 5.41) is 6.67. The topological polar surface area (TPSA) is 78.3 Å². The molecule has 0 aliphatic carbocycles. The number of benzene rings is 2. The van der Waals surface area contributed by atoms with Crippen molar-refractivity contribution in [1.82, 2.24) is 20.1 Å². The van der Waals surface area contributed by atoms with Crippen LogP contribution in [0.4, 0.5) is 17.6 Å². The Morgan fingerprint density at radius 1 is 1.09 bits per heavy atom. The summed E-state index contributed by atoms with van der Waals surface area (Å²) in [6.07, 6.45) is -0.220. The Morgan fingerprint density at radius 2 is 1.91 bits per heavy atom. The average molecular weight is 486 g/mol. The molecule has 0 saturated carbocycles. The van der Waals surface area contributed by atoms with Crippen molar-refractivity contribution in [2.45, 2.75) is 12.7 Å². The molecule has 180 valence electrons. The van der Waals surface area contributed by atoms with E-state index >= 15 is 0 Å². The van der Waals surface area contributed by atoms with Crippen molar-refractivity contribution >= 4 is 5.91 Å². The zero-order valence-electron chi connectivity index (χ0n) is 18.2. The fraction of sp³-hybridized carbons (Fsp3) is 0.125. The van der Waals surface area contributed by atoms with E-state index in [1.54, 1.807) is 24.4 Å². The van der Waals surface area contributed by atoms with Gasteiger partial charge in [0.2, 0.25) is 0 Å². The van der Waals surface area contributed by atoms with Crippen LogP contribution < -0.4 is 14.8 Å². The number of pyridine rings is 1. The number of aromatic nitrogens is 3. The van der Waals surface area contributed by atoms with E-state index in [2.05, 4.69) is 15.4 Å². The highest BCUT2D eigenvalue weighted by molar-refractivity contribution is 5.94. The number of halogens is 4. The number of methoxy groups -OCH3 is 1. The van der Waals surface area contributed by atoms with Crippen LogP contribution in [0.1, 0.15) is 21.6 Å². The summed E-state index contributed by atoms with van der Waals surface area (Å²) in [6.45, 7) is -0.0392. The van der Waals surface area contributed by atoms with E-state index in [0.29, 0.717) is 11.3 Å². The minimum Gasteiger partial charge on any atom is -0.493 e. The minimum atomic E-state index is -4.53. The summed E-state index contributed by atoms with van der Waals surface area (Å²) < 4.78 is 65.2. The lowest BCUT2D eigenvalue weighted by Crippen LogP contribution is -2.24. The Balaban J connectivity index is 1.47.